The van der Waals surface area contributed by atoms with Crippen LogP contribution in [0, 0.1) is 0 Å². The lowest BCUT2D eigenvalue weighted by Gasteiger charge is -2.05. The van der Waals surface area contributed by atoms with Gasteiger partial charge in [0.25, 0.3) is 0 Å². The van der Waals surface area contributed by atoms with E-state index in [1.807, 2.05) is 0 Å². The van der Waals surface area contributed by atoms with Gasteiger partial charge in [0.15, 0.2) is 0 Å². The third-order valence-corrected chi connectivity index (χ3v) is 2.43. The van der Waals surface area contributed by atoms with Crippen molar-refractivity contribution in [1.82, 2.24) is 0 Å². The molecule has 2 rings (SSSR count). The van der Waals surface area contributed by atoms with Crippen molar-refractivity contribution < 1.29 is 26.3 Å². The minimum Gasteiger partial charge on any atom is -0.399 e. The highest BCUT2D eigenvalue weighted by molar-refractivity contribution is 5.42. The Morgan fingerprint density at radius 3 is 1.09 bits per heavy atom. The smallest absolute Gasteiger partial charge is 0.399 e. The summed E-state index contributed by atoms with van der Waals surface area (Å²) in [5.41, 5.74) is 9.14. The van der Waals surface area contributed by atoms with E-state index in [1.165, 1.54) is 24.3 Å². The summed E-state index contributed by atoms with van der Waals surface area (Å²) in [4.78, 5) is 0. The highest BCUT2D eigenvalue weighted by Crippen LogP contribution is 2.30. The van der Waals surface area contributed by atoms with Crippen LogP contribution >= 0.6 is 0 Å². The van der Waals surface area contributed by atoms with Crippen LogP contribution in [0.5, 0.6) is 0 Å². The number of alkyl halides is 6. The average molecular weight is 322 g/mol. The standard InChI is InChI=1S/2C7H6F3N/c2*8-7(9,10)5-2-1-3-6(11)4-5/h2*1-4H,11H2. The van der Waals surface area contributed by atoms with Gasteiger partial charge in [0.2, 0.25) is 0 Å². The fraction of sp³-hybridized carbons (Fsp3) is 0.143. The summed E-state index contributed by atoms with van der Waals surface area (Å²) in [6, 6.07) is 9.15. The van der Waals surface area contributed by atoms with Gasteiger partial charge in [0.05, 0.1) is 11.1 Å². The first-order valence-electron chi connectivity index (χ1n) is 5.85. The minimum atomic E-state index is -4.30. The second kappa shape index (κ2) is 6.59. The van der Waals surface area contributed by atoms with E-state index in [1.54, 1.807) is 0 Å². The Bertz CT molecular complexity index is 564. The zero-order valence-electron chi connectivity index (χ0n) is 11.0. The lowest BCUT2D eigenvalue weighted by Crippen LogP contribution is -2.04. The molecule has 0 heterocycles. The van der Waals surface area contributed by atoms with E-state index in [4.69, 9.17) is 11.5 Å². The number of nitrogens with two attached hydrogens (primary N) is 2. The van der Waals surface area contributed by atoms with Gasteiger partial charge in [0, 0.05) is 11.4 Å². The molecular weight excluding hydrogens is 310 g/mol. The summed E-state index contributed by atoms with van der Waals surface area (Å²) in [6.45, 7) is 0. The van der Waals surface area contributed by atoms with Gasteiger partial charge in [-0.3, -0.25) is 0 Å². The van der Waals surface area contributed by atoms with Gasteiger partial charge in [-0.1, -0.05) is 12.1 Å². The van der Waals surface area contributed by atoms with Crippen molar-refractivity contribution in [1.29, 1.82) is 0 Å². The molecule has 0 atom stereocenters. The predicted molar refractivity (Wildman–Crippen MR) is 71.7 cm³/mol. The van der Waals surface area contributed by atoms with E-state index in [0.29, 0.717) is 0 Å². The molecule has 0 bridgehead atoms. The maximum Gasteiger partial charge on any atom is 0.416 e. The lowest BCUT2D eigenvalue weighted by atomic mass is 10.2. The zero-order valence-corrected chi connectivity index (χ0v) is 11.0. The van der Waals surface area contributed by atoms with E-state index in [2.05, 4.69) is 0 Å². The lowest BCUT2D eigenvalue weighted by molar-refractivity contribution is -0.138. The number of rotatable bonds is 0. The maximum absolute atomic E-state index is 11.9. The van der Waals surface area contributed by atoms with Crippen molar-refractivity contribution in [2.75, 3.05) is 11.5 Å². The Morgan fingerprint density at radius 1 is 0.591 bits per heavy atom. The van der Waals surface area contributed by atoms with Gasteiger partial charge >= 0.3 is 12.4 Å². The van der Waals surface area contributed by atoms with E-state index < -0.39 is 23.5 Å². The Labute approximate surface area is 122 Å². The maximum atomic E-state index is 11.9. The van der Waals surface area contributed by atoms with Crippen LogP contribution in [0.4, 0.5) is 37.7 Å². The van der Waals surface area contributed by atoms with Gasteiger partial charge in [0.1, 0.15) is 0 Å². The molecule has 0 saturated heterocycles. The van der Waals surface area contributed by atoms with Gasteiger partial charge in [-0.2, -0.15) is 26.3 Å². The Balaban J connectivity index is 0.000000220. The summed E-state index contributed by atoms with van der Waals surface area (Å²) in [6.07, 6.45) is -8.59. The van der Waals surface area contributed by atoms with Crippen LogP contribution in [-0.2, 0) is 12.4 Å². The fourth-order valence-electron chi connectivity index (χ4n) is 1.43. The quantitative estimate of drug-likeness (QED) is 0.551. The van der Waals surface area contributed by atoms with Crippen molar-refractivity contribution in [3.05, 3.63) is 59.7 Å². The summed E-state index contributed by atoms with van der Waals surface area (Å²) < 4.78 is 71.5. The third-order valence-electron chi connectivity index (χ3n) is 2.43. The largest absolute Gasteiger partial charge is 0.416 e. The van der Waals surface area contributed by atoms with E-state index in [-0.39, 0.29) is 11.4 Å². The number of halogens is 6. The molecule has 4 N–H and O–H groups in total. The Hall–Kier alpha value is -2.38. The molecule has 0 amide bonds. The highest BCUT2D eigenvalue weighted by Gasteiger charge is 2.30. The normalized spacial score (nSPS) is 11.5. The topological polar surface area (TPSA) is 52.0 Å². The first kappa shape index (κ1) is 17.7. The van der Waals surface area contributed by atoms with Gasteiger partial charge < -0.3 is 11.5 Å². The first-order chi connectivity index (χ1) is 10.00. The van der Waals surface area contributed by atoms with Crippen LogP contribution in [-0.4, -0.2) is 0 Å². The van der Waals surface area contributed by atoms with Crippen molar-refractivity contribution in [2.24, 2.45) is 0 Å². The molecule has 0 aliphatic rings. The predicted octanol–water partition coefficient (Wildman–Crippen LogP) is 4.58. The van der Waals surface area contributed by atoms with E-state index in [9.17, 15) is 26.3 Å². The molecule has 0 fully saturated rings. The Kier molecular flexibility index (Phi) is 5.29. The second-order valence-corrected chi connectivity index (χ2v) is 4.25. The van der Waals surface area contributed by atoms with Gasteiger partial charge in [-0.15, -0.1) is 0 Å². The summed E-state index contributed by atoms with van der Waals surface area (Å²) in [7, 11) is 0. The monoisotopic (exact) mass is 322 g/mol. The number of anilines is 2. The second-order valence-electron chi connectivity index (χ2n) is 4.25. The molecule has 0 unspecified atom stereocenters. The average Bonchev–Trinajstić information content (AvgIpc) is 2.37. The summed E-state index contributed by atoms with van der Waals surface area (Å²) >= 11 is 0. The summed E-state index contributed by atoms with van der Waals surface area (Å²) in [5, 5.41) is 0. The molecule has 2 aromatic carbocycles. The number of hydrogen-bond donors (Lipinski definition) is 2. The molecule has 120 valence electrons. The van der Waals surface area contributed by atoms with Crippen LogP contribution < -0.4 is 11.5 Å². The molecule has 0 spiro atoms. The zero-order chi connectivity index (χ0) is 17.0. The Morgan fingerprint density at radius 2 is 0.909 bits per heavy atom. The molecule has 0 aliphatic carbocycles. The molecule has 0 saturated carbocycles. The van der Waals surface area contributed by atoms with Crippen LogP contribution in [0.1, 0.15) is 11.1 Å². The minimum absolute atomic E-state index is 0.125. The molecule has 2 aromatic rings. The van der Waals surface area contributed by atoms with Crippen molar-refractivity contribution in [2.45, 2.75) is 12.4 Å². The van der Waals surface area contributed by atoms with E-state index in [0.717, 1.165) is 24.3 Å². The molecule has 8 heteroatoms. The van der Waals surface area contributed by atoms with Crippen molar-refractivity contribution >= 4 is 11.4 Å². The molecular formula is C14H12F6N2. The van der Waals surface area contributed by atoms with Gasteiger partial charge in [-0.05, 0) is 36.4 Å². The molecule has 0 aliphatic heterocycles. The van der Waals surface area contributed by atoms with E-state index >= 15 is 0 Å². The van der Waals surface area contributed by atoms with Crippen molar-refractivity contribution in [3.63, 3.8) is 0 Å². The summed E-state index contributed by atoms with van der Waals surface area (Å²) in [5.74, 6) is 0. The van der Waals surface area contributed by atoms with Crippen LogP contribution in [0.3, 0.4) is 0 Å². The third kappa shape index (κ3) is 5.55. The highest BCUT2D eigenvalue weighted by atomic mass is 19.4. The van der Waals surface area contributed by atoms with Crippen LogP contribution in [0.25, 0.3) is 0 Å². The van der Waals surface area contributed by atoms with Gasteiger partial charge in [-0.25, -0.2) is 0 Å². The van der Waals surface area contributed by atoms with Crippen molar-refractivity contribution in [3.8, 4) is 0 Å². The fourth-order valence-corrected chi connectivity index (χ4v) is 1.43. The number of benzene rings is 2. The molecule has 0 aromatic heterocycles. The number of hydrogen-bond acceptors (Lipinski definition) is 2. The first-order valence-corrected chi connectivity index (χ1v) is 5.85. The molecule has 2 nitrogen and oxygen atoms in total. The molecule has 0 radical (unpaired) electrons. The van der Waals surface area contributed by atoms with Crippen LogP contribution in [0.15, 0.2) is 48.5 Å². The number of nitrogen functional groups attached to an aromatic ring is 2. The van der Waals surface area contributed by atoms with Crippen LogP contribution in [0.2, 0.25) is 0 Å². The SMILES string of the molecule is Nc1cccc(C(F)(F)F)c1.Nc1cccc(C(F)(F)F)c1. The molecule has 22 heavy (non-hydrogen) atoms.